The number of hydrogen-bond acceptors (Lipinski definition) is 5. The van der Waals surface area contributed by atoms with Crippen molar-refractivity contribution in [2.75, 3.05) is 26.3 Å². The Bertz CT molecular complexity index is 1080. The first-order valence-corrected chi connectivity index (χ1v) is 12.1. The smallest absolute Gasteiger partial charge is 0.240 e. The van der Waals surface area contributed by atoms with Crippen LogP contribution in [0, 0.1) is 13.8 Å². The van der Waals surface area contributed by atoms with Crippen LogP contribution >= 0.6 is 0 Å². The number of sulfonamides is 1. The van der Waals surface area contributed by atoms with Gasteiger partial charge in [0.2, 0.25) is 15.9 Å². The Morgan fingerprint density at radius 2 is 1.84 bits per heavy atom. The van der Waals surface area contributed by atoms with Crippen molar-refractivity contribution in [2.45, 2.75) is 44.0 Å². The number of benzene rings is 2. The molecule has 0 aromatic heterocycles. The predicted molar refractivity (Wildman–Crippen MR) is 117 cm³/mol. The highest BCUT2D eigenvalue weighted by molar-refractivity contribution is 7.89. The monoisotopic (exact) mass is 444 g/mol. The summed E-state index contributed by atoms with van der Waals surface area (Å²) in [6.07, 6.45) is 1.91. The summed E-state index contributed by atoms with van der Waals surface area (Å²) in [6, 6.07) is 10.8. The Kier molecular flexibility index (Phi) is 6.20. The Morgan fingerprint density at radius 3 is 2.61 bits per heavy atom. The largest absolute Gasteiger partial charge is 0.486 e. The normalized spacial score (nSPS) is 18.3. The zero-order valence-electron chi connectivity index (χ0n) is 17.9. The Labute approximate surface area is 183 Å². The Balaban J connectivity index is 1.38. The second-order valence-corrected chi connectivity index (χ2v) is 9.81. The van der Waals surface area contributed by atoms with Gasteiger partial charge in [-0.25, -0.2) is 13.1 Å². The van der Waals surface area contributed by atoms with E-state index in [1.54, 1.807) is 18.2 Å². The van der Waals surface area contributed by atoms with Gasteiger partial charge in [0.05, 0.1) is 10.9 Å². The van der Waals surface area contributed by atoms with Gasteiger partial charge in [0, 0.05) is 19.5 Å². The molecule has 1 unspecified atom stereocenters. The van der Waals surface area contributed by atoms with Crippen molar-refractivity contribution in [3.63, 3.8) is 0 Å². The molecule has 1 saturated heterocycles. The fraction of sp³-hybridized carbons (Fsp3) is 0.435. The third-order valence-corrected chi connectivity index (χ3v) is 7.40. The molecule has 8 heteroatoms. The minimum atomic E-state index is -3.65. The number of likely N-dealkylation sites (tertiary alicyclic amines) is 1. The molecular weight excluding hydrogens is 416 g/mol. The van der Waals surface area contributed by atoms with Gasteiger partial charge in [-0.05, 0) is 67.6 Å². The maximum atomic E-state index is 12.9. The van der Waals surface area contributed by atoms with E-state index in [1.165, 1.54) is 0 Å². The summed E-state index contributed by atoms with van der Waals surface area (Å²) in [5, 5.41) is 0. The summed E-state index contributed by atoms with van der Waals surface area (Å²) in [5.74, 6) is 1.39. The summed E-state index contributed by atoms with van der Waals surface area (Å²) >= 11 is 0. The molecule has 2 aromatic carbocycles. The quantitative estimate of drug-likeness (QED) is 0.740. The molecule has 1 N–H and O–H groups in total. The van der Waals surface area contributed by atoms with Crippen molar-refractivity contribution >= 4 is 15.9 Å². The van der Waals surface area contributed by atoms with E-state index < -0.39 is 10.0 Å². The van der Waals surface area contributed by atoms with Crippen LogP contribution in [0.1, 0.15) is 42.0 Å². The second-order valence-electron chi connectivity index (χ2n) is 8.04. The van der Waals surface area contributed by atoms with Gasteiger partial charge in [-0.15, -0.1) is 0 Å². The molecule has 31 heavy (non-hydrogen) atoms. The summed E-state index contributed by atoms with van der Waals surface area (Å²) in [6.45, 7) is 5.61. The summed E-state index contributed by atoms with van der Waals surface area (Å²) in [4.78, 5) is 14.9. The highest BCUT2D eigenvalue weighted by Gasteiger charge is 2.30. The summed E-state index contributed by atoms with van der Waals surface area (Å²) < 4.78 is 38.9. The van der Waals surface area contributed by atoms with Gasteiger partial charge in [0.15, 0.2) is 11.5 Å². The molecular formula is C23H28N2O5S. The lowest BCUT2D eigenvalue weighted by Crippen LogP contribution is -2.34. The van der Waals surface area contributed by atoms with Crippen LogP contribution in [0.2, 0.25) is 0 Å². The van der Waals surface area contributed by atoms with Crippen LogP contribution in [0.25, 0.3) is 0 Å². The van der Waals surface area contributed by atoms with E-state index in [4.69, 9.17) is 9.47 Å². The van der Waals surface area contributed by atoms with E-state index in [-0.39, 0.29) is 29.8 Å². The number of hydrogen-bond donors (Lipinski definition) is 1. The number of amides is 1. The van der Waals surface area contributed by atoms with Gasteiger partial charge in [-0.1, -0.05) is 12.1 Å². The molecule has 0 bridgehead atoms. The number of nitrogens with zero attached hydrogens (tertiary/aromatic N) is 1. The lowest BCUT2D eigenvalue weighted by atomic mass is 10.0. The topological polar surface area (TPSA) is 84.9 Å². The fourth-order valence-electron chi connectivity index (χ4n) is 4.08. The zero-order valence-corrected chi connectivity index (χ0v) is 18.7. The van der Waals surface area contributed by atoms with Gasteiger partial charge >= 0.3 is 0 Å². The first-order valence-electron chi connectivity index (χ1n) is 10.6. The molecule has 7 nitrogen and oxygen atoms in total. The number of fused-ring (bicyclic) bond motifs is 1. The maximum Gasteiger partial charge on any atom is 0.240 e. The summed E-state index contributed by atoms with van der Waals surface area (Å²) in [5.41, 5.74) is 2.97. The lowest BCUT2D eigenvalue weighted by molar-refractivity contribution is -0.131. The first kappa shape index (κ1) is 21.6. The van der Waals surface area contributed by atoms with Crippen molar-refractivity contribution in [3.8, 4) is 11.5 Å². The van der Waals surface area contributed by atoms with Gasteiger partial charge < -0.3 is 14.4 Å². The molecule has 0 aliphatic carbocycles. The van der Waals surface area contributed by atoms with Gasteiger partial charge in [-0.3, -0.25) is 4.79 Å². The number of carbonyl (C=O) groups excluding carboxylic acids is 1. The van der Waals surface area contributed by atoms with E-state index in [0.29, 0.717) is 25.5 Å². The molecule has 0 saturated carbocycles. The van der Waals surface area contributed by atoms with Crippen LogP contribution in [0.4, 0.5) is 0 Å². The Hall–Kier alpha value is -2.58. The van der Waals surface area contributed by atoms with Crippen molar-refractivity contribution in [2.24, 2.45) is 0 Å². The average Bonchev–Trinajstić information content (AvgIpc) is 3.25. The van der Waals surface area contributed by atoms with Gasteiger partial charge in [0.1, 0.15) is 13.2 Å². The second kappa shape index (κ2) is 8.88. The molecule has 166 valence electrons. The number of carbonyl (C=O) groups is 1. The van der Waals surface area contributed by atoms with E-state index in [1.807, 2.05) is 36.9 Å². The minimum absolute atomic E-state index is 0.0281. The molecule has 0 spiro atoms. The summed E-state index contributed by atoms with van der Waals surface area (Å²) in [7, 11) is -3.65. The molecule has 1 atom stereocenters. The van der Waals surface area contributed by atoms with Crippen LogP contribution in [-0.2, 0) is 14.8 Å². The number of ether oxygens (including phenoxy) is 2. The Morgan fingerprint density at radius 1 is 1.06 bits per heavy atom. The van der Waals surface area contributed by atoms with Gasteiger partial charge in [-0.2, -0.15) is 0 Å². The zero-order chi connectivity index (χ0) is 22.0. The number of rotatable bonds is 6. The average molecular weight is 445 g/mol. The molecule has 4 rings (SSSR count). The third-order valence-electron chi connectivity index (χ3n) is 5.94. The first-order chi connectivity index (χ1) is 14.8. The highest BCUT2D eigenvalue weighted by atomic mass is 32.2. The highest BCUT2D eigenvalue weighted by Crippen LogP contribution is 2.38. The predicted octanol–water partition coefficient (Wildman–Crippen LogP) is 3.11. The van der Waals surface area contributed by atoms with Crippen LogP contribution in [0.3, 0.4) is 0 Å². The maximum absolute atomic E-state index is 12.9. The third kappa shape index (κ3) is 4.70. The van der Waals surface area contributed by atoms with Crippen molar-refractivity contribution in [1.29, 1.82) is 0 Å². The van der Waals surface area contributed by atoms with Crippen LogP contribution in [0.15, 0.2) is 41.3 Å². The van der Waals surface area contributed by atoms with E-state index in [9.17, 15) is 13.2 Å². The molecule has 2 heterocycles. The lowest BCUT2D eigenvalue weighted by Gasteiger charge is -2.27. The number of nitrogens with one attached hydrogen (secondary N) is 1. The van der Waals surface area contributed by atoms with E-state index in [2.05, 4.69) is 4.72 Å². The molecule has 2 aromatic rings. The standard InChI is InChI=1S/C23H28N2O5S/c1-16-5-7-19(14-17(16)2)31(27,28)24-10-9-23(26)25-11-3-4-20(25)18-6-8-21-22(15-18)30-13-12-29-21/h5-8,14-15,20,24H,3-4,9-13H2,1-2H3. The minimum Gasteiger partial charge on any atom is -0.486 e. The molecule has 1 fully saturated rings. The van der Waals surface area contributed by atoms with Crippen LogP contribution < -0.4 is 14.2 Å². The van der Waals surface area contributed by atoms with Crippen LogP contribution in [-0.4, -0.2) is 45.5 Å². The van der Waals surface area contributed by atoms with E-state index >= 15 is 0 Å². The van der Waals surface area contributed by atoms with Gasteiger partial charge in [0.25, 0.3) is 0 Å². The number of aryl methyl sites for hydroxylation is 2. The fourth-order valence-corrected chi connectivity index (χ4v) is 5.20. The van der Waals surface area contributed by atoms with E-state index in [0.717, 1.165) is 35.3 Å². The SMILES string of the molecule is Cc1ccc(S(=O)(=O)NCCC(=O)N2CCCC2c2ccc3c(c2)OCCO3)cc1C. The van der Waals surface area contributed by atoms with Crippen LogP contribution in [0.5, 0.6) is 11.5 Å². The molecule has 2 aliphatic rings. The molecule has 1 amide bonds. The molecule has 2 aliphatic heterocycles. The van der Waals surface area contributed by atoms with Crippen molar-refractivity contribution in [1.82, 2.24) is 9.62 Å². The van der Waals surface area contributed by atoms with Crippen molar-refractivity contribution < 1.29 is 22.7 Å². The molecule has 0 radical (unpaired) electrons. The van der Waals surface area contributed by atoms with Crippen molar-refractivity contribution in [3.05, 3.63) is 53.1 Å².